The minimum Gasteiger partial charge on any atom is -0.477 e. The van der Waals surface area contributed by atoms with Crippen LogP contribution in [-0.4, -0.2) is 11.1 Å². The van der Waals surface area contributed by atoms with Crippen LogP contribution in [0.3, 0.4) is 0 Å². The number of carbonyl (C=O) groups is 1. The summed E-state index contributed by atoms with van der Waals surface area (Å²) in [4.78, 5) is 11.5. The molecule has 15 heavy (non-hydrogen) atoms. The Morgan fingerprint density at radius 3 is 2.87 bits per heavy atom. The maximum atomic E-state index is 11.0. The number of hydrogen-bond donors (Lipinski definition) is 1. The Labute approximate surface area is 102 Å². The fraction of sp³-hybridized carbons (Fsp3) is 0.545. The van der Waals surface area contributed by atoms with Crippen LogP contribution in [0.4, 0.5) is 0 Å². The molecule has 2 nitrogen and oxygen atoms in total. The average molecular weight is 291 g/mol. The predicted molar refractivity (Wildman–Crippen MR) is 66.9 cm³/mol. The maximum Gasteiger partial charge on any atom is 0.346 e. The molecule has 1 atom stereocenters. The van der Waals surface area contributed by atoms with Gasteiger partial charge in [0, 0.05) is 0 Å². The van der Waals surface area contributed by atoms with Gasteiger partial charge in [-0.05, 0) is 39.9 Å². The summed E-state index contributed by atoms with van der Waals surface area (Å²) in [5.41, 5.74) is 0.966. The first kappa shape index (κ1) is 12.7. The molecule has 0 bridgehead atoms. The molecule has 0 amide bonds. The Hall–Kier alpha value is -0.350. The van der Waals surface area contributed by atoms with E-state index in [9.17, 15) is 4.79 Å². The molecule has 84 valence electrons. The van der Waals surface area contributed by atoms with Gasteiger partial charge >= 0.3 is 5.97 Å². The molecule has 0 aliphatic heterocycles. The van der Waals surface area contributed by atoms with Crippen molar-refractivity contribution >= 4 is 33.2 Å². The van der Waals surface area contributed by atoms with Crippen LogP contribution in [0.2, 0.25) is 0 Å². The summed E-state index contributed by atoms with van der Waals surface area (Å²) >= 11 is 4.64. The third kappa shape index (κ3) is 3.31. The lowest BCUT2D eigenvalue weighted by Gasteiger charge is -2.09. The van der Waals surface area contributed by atoms with Crippen molar-refractivity contribution in [3.8, 4) is 0 Å². The van der Waals surface area contributed by atoms with Gasteiger partial charge in [-0.25, -0.2) is 4.79 Å². The van der Waals surface area contributed by atoms with Crippen molar-refractivity contribution in [3.05, 3.63) is 20.3 Å². The van der Waals surface area contributed by atoms with Crippen molar-refractivity contribution in [3.63, 3.8) is 0 Å². The second kappa shape index (κ2) is 5.66. The molecule has 0 aliphatic rings. The molecule has 0 aliphatic carbocycles. The molecule has 0 saturated heterocycles. The van der Waals surface area contributed by atoms with Crippen molar-refractivity contribution in [1.29, 1.82) is 0 Å². The van der Waals surface area contributed by atoms with E-state index in [0.717, 1.165) is 28.6 Å². The Kier molecular flexibility index (Phi) is 4.80. The monoisotopic (exact) mass is 290 g/mol. The molecule has 1 aromatic heterocycles. The number of unbranched alkanes of at least 4 members (excludes halogenated alkanes) is 1. The van der Waals surface area contributed by atoms with E-state index in [0.29, 0.717) is 10.8 Å². The smallest absolute Gasteiger partial charge is 0.346 e. The molecule has 1 rings (SSSR count). The van der Waals surface area contributed by atoms with Crippen LogP contribution in [0.15, 0.2) is 9.85 Å². The third-order valence-corrected chi connectivity index (χ3v) is 4.09. The van der Waals surface area contributed by atoms with Gasteiger partial charge < -0.3 is 5.11 Å². The normalized spacial score (nSPS) is 12.7. The highest BCUT2D eigenvalue weighted by molar-refractivity contribution is 9.11. The van der Waals surface area contributed by atoms with E-state index in [1.165, 1.54) is 11.3 Å². The molecule has 0 radical (unpaired) electrons. The zero-order valence-electron chi connectivity index (χ0n) is 8.92. The van der Waals surface area contributed by atoms with Gasteiger partial charge in [0.15, 0.2) is 0 Å². The molecule has 4 heteroatoms. The summed E-state index contributed by atoms with van der Waals surface area (Å²) in [7, 11) is 0. The van der Waals surface area contributed by atoms with Gasteiger partial charge in [0.05, 0.1) is 3.79 Å². The van der Waals surface area contributed by atoms with E-state index in [-0.39, 0.29) is 0 Å². The van der Waals surface area contributed by atoms with Gasteiger partial charge in [-0.1, -0.05) is 26.7 Å². The minimum absolute atomic E-state index is 0.332. The highest BCUT2D eigenvalue weighted by atomic mass is 79.9. The number of hydrogen-bond acceptors (Lipinski definition) is 2. The quantitative estimate of drug-likeness (QED) is 0.867. The Morgan fingerprint density at radius 1 is 1.67 bits per heavy atom. The third-order valence-electron chi connectivity index (χ3n) is 2.45. The SMILES string of the molecule is CCCCC(C)c1cc(Br)sc1C(=O)O. The molecular weight excluding hydrogens is 276 g/mol. The van der Waals surface area contributed by atoms with E-state index in [4.69, 9.17) is 5.11 Å². The van der Waals surface area contributed by atoms with E-state index in [1.54, 1.807) is 0 Å². The summed E-state index contributed by atoms with van der Waals surface area (Å²) in [6.45, 7) is 4.24. The van der Waals surface area contributed by atoms with E-state index >= 15 is 0 Å². The number of aromatic carboxylic acids is 1. The van der Waals surface area contributed by atoms with Crippen molar-refractivity contribution in [2.24, 2.45) is 0 Å². The van der Waals surface area contributed by atoms with Crippen LogP contribution < -0.4 is 0 Å². The fourth-order valence-electron chi connectivity index (χ4n) is 1.57. The van der Waals surface area contributed by atoms with Crippen LogP contribution in [0, 0.1) is 0 Å². The number of carboxylic acids is 1. The molecule has 0 spiro atoms. The Bertz CT molecular complexity index is 346. The second-order valence-corrected chi connectivity index (χ2v) is 6.11. The maximum absolute atomic E-state index is 11.0. The van der Waals surface area contributed by atoms with Crippen LogP contribution in [-0.2, 0) is 0 Å². The van der Waals surface area contributed by atoms with Gasteiger partial charge in [0.2, 0.25) is 0 Å². The molecule has 0 saturated carbocycles. The molecule has 0 aromatic carbocycles. The largest absolute Gasteiger partial charge is 0.477 e. The zero-order valence-corrected chi connectivity index (χ0v) is 11.3. The van der Waals surface area contributed by atoms with Crippen molar-refractivity contribution in [2.45, 2.75) is 39.0 Å². The van der Waals surface area contributed by atoms with Crippen molar-refractivity contribution in [2.75, 3.05) is 0 Å². The minimum atomic E-state index is -0.816. The first-order valence-corrected chi connectivity index (χ1v) is 6.69. The molecular formula is C11H15BrO2S. The van der Waals surface area contributed by atoms with Crippen LogP contribution >= 0.6 is 27.3 Å². The predicted octanol–water partition coefficient (Wildman–Crippen LogP) is 4.50. The van der Waals surface area contributed by atoms with Crippen LogP contribution in [0.25, 0.3) is 0 Å². The average Bonchev–Trinajstić information content (AvgIpc) is 2.57. The Morgan fingerprint density at radius 2 is 2.33 bits per heavy atom. The summed E-state index contributed by atoms with van der Waals surface area (Å²) < 4.78 is 0.901. The van der Waals surface area contributed by atoms with Crippen molar-refractivity contribution < 1.29 is 9.90 Å². The summed E-state index contributed by atoms with van der Waals surface area (Å²) in [5.74, 6) is -0.484. The second-order valence-electron chi connectivity index (χ2n) is 3.68. The molecule has 1 heterocycles. The van der Waals surface area contributed by atoms with E-state index < -0.39 is 5.97 Å². The lowest BCUT2D eigenvalue weighted by atomic mass is 9.96. The van der Waals surface area contributed by atoms with E-state index in [2.05, 4.69) is 29.8 Å². The zero-order chi connectivity index (χ0) is 11.4. The van der Waals surface area contributed by atoms with Gasteiger partial charge in [-0.15, -0.1) is 11.3 Å². The van der Waals surface area contributed by atoms with Gasteiger partial charge in [0.25, 0.3) is 0 Å². The molecule has 0 fully saturated rings. The van der Waals surface area contributed by atoms with Gasteiger partial charge in [-0.3, -0.25) is 0 Å². The number of thiophene rings is 1. The lowest BCUT2D eigenvalue weighted by molar-refractivity contribution is 0.0700. The van der Waals surface area contributed by atoms with Gasteiger partial charge in [-0.2, -0.15) is 0 Å². The first-order valence-electron chi connectivity index (χ1n) is 5.08. The summed E-state index contributed by atoms with van der Waals surface area (Å²) in [6.07, 6.45) is 3.35. The Balaban J connectivity index is 2.86. The topological polar surface area (TPSA) is 37.3 Å². The van der Waals surface area contributed by atoms with Crippen LogP contribution in [0.5, 0.6) is 0 Å². The molecule has 1 N–H and O–H groups in total. The first-order chi connectivity index (χ1) is 7.06. The van der Waals surface area contributed by atoms with Crippen LogP contribution in [0.1, 0.15) is 54.3 Å². The molecule has 1 unspecified atom stereocenters. The summed E-state index contributed by atoms with van der Waals surface area (Å²) in [6, 6.07) is 1.94. The lowest BCUT2D eigenvalue weighted by Crippen LogP contribution is -2.01. The molecule has 1 aromatic rings. The van der Waals surface area contributed by atoms with Crippen molar-refractivity contribution in [1.82, 2.24) is 0 Å². The highest BCUT2D eigenvalue weighted by Gasteiger charge is 2.18. The summed E-state index contributed by atoms with van der Waals surface area (Å²) in [5, 5.41) is 9.04. The number of carboxylic acid groups (broad SMARTS) is 1. The fourth-order valence-corrected chi connectivity index (χ4v) is 3.15. The van der Waals surface area contributed by atoms with E-state index in [1.807, 2.05) is 6.07 Å². The highest BCUT2D eigenvalue weighted by Crippen LogP contribution is 2.34. The number of rotatable bonds is 5. The van der Waals surface area contributed by atoms with Gasteiger partial charge in [0.1, 0.15) is 4.88 Å². The number of halogens is 1. The standard InChI is InChI=1S/C11H15BrO2S/c1-3-4-5-7(2)8-6-9(12)15-10(8)11(13)14/h6-7H,3-5H2,1-2H3,(H,13,14).